The summed E-state index contributed by atoms with van der Waals surface area (Å²) in [5.74, 6) is 1.24. The zero-order chi connectivity index (χ0) is 21.5. The van der Waals surface area contributed by atoms with E-state index >= 15 is 0 Å². The zero-order valence-corrected chi connectivity index (χ0v) is 17.8. The first-order valence-corrected chi connectivity index (χ1v) is 9.77. The summed E-state index contributed by atoms with van der Waals surface area (Å²) < 4.78 is 17.0. The van der Waals surface area contributed by atoms with Gasteiger partial charge in [0.05, 0.1) is 12.1 Å². The van der Waals surface area contributed by atoms with Crippen LogP contribution in [0.2, 0.25) is 5.02 Å². The van der Waals surface area contributed by atoms with Crippen LogP contribution in [0, 0.1) is 6.92 Å². The Kier molecular flexibility index (Phi) is 7.14. The molecule has 1 N–H and O–H groups in total. The number of halogens is 1. The number of hydrogen-bond acceptors (Lipinski definition) is 5. The van der Waals surface area contributed by atoms with E-state index in [1.165, 1.54) is 0 Å². The van der Waals surface area contributed by atoms with Crippen LogP contribution in [0.4, 0.5) is 5.69 Å². The molecule has 0 aliphatic heterocycles. The van der Waals surface area contributed by atoms with Crippen LogP contribution in [0.5, 0.6) is 17.2 Å². The monoisotopic (exact) mass is 426 g/mol. The largest absolute Gasteiger partial charge is 0.493 e. The van der Waals surface area contributed by atoms with Gasteiger partial charge in [0.15, 0.2) is 17.6 Å². The molecule has 7 heteroatoms. The fourth-order valence-corrected chi connectivity index (χ4v) is 2.86. The van der Waals surface area contributed by atoms with Crippen molar-refractivity contribution in [1.29, 1.82) is 0 Å². The van der Waals surface area contributed by atoms with Crippen molar-refractivity contribution < 1.29 is 19.0 Å². The average molecular weight is 427 g/mol. The highest BCUT2D eigenvalue weighted by molar-refractivity contribution is 6.32. The maximum absolute atomic E-state index is 12.6. The molecule has 1 amide bonds. The van der Waals surface area contributed by atoms with Gasteiger partial charge < -0.3 is 19.5 Å². The molecular formula is C23H23ClN2O4. The number of benzene rings is 2. The first kappa shape index (κ1) is 21.5. The number of anilines is 1. The zero-order valence-electron chi connectivity index (χ0n) is 17.0. The number of aryl methyl sites for hydroxylation is 1. The summed E-state index contributed by atoms with van der Waals surface area (Å²) in [7, 11) is 1.56. The summed E-state index contributed by atoms with van der Waals surface area (Å²) in [5.41, 5.74) is 2.53. The molecule has 0 fully saturated rings. The number of hydrogen-bond donors (Lipinski definition) is 1. The number of ether oxygens (including phenoxy) is 3. The second kappa shape index (κ2) is 9.98. The lowest BCUT2D eigenvalue weighted by Crippen LogP contribution is -2.30. The normalized spacial score (nSPS) is 11.5. The number of nitrogens with zero attached hydrogens (tertiary/aromatic N) is 1. The molecule has 2 aromatic carbocycles. The van der Waals surface area contributed by atoms with Gasteiger partial charge in [-0.3, -0.25) is 9.78 Å². The molecule has 1 atom stereocenters. The predicted molar refractivity (Wildman–Crippen MR) is 116 cm³/mol. The van der Waals surface area contributed by atoms with Crippen molar-refractivity contribution in [2.45, 2.75) is 26.6 Å². The highest BCUT2D eigenvalue weighted by Crippen LogP contribution is 2.31. The molecule has 0 saturated carbocycles. The molecule has 3 rings (SSSR count). The van der Waals surface area contributed by atoms with Crippen LogP contribution in [-0.4, -0.2) is 24.1 Å². The Bertz CT molecular complexity index is 1010. The average Bonchev–Trinajstić information content (AvgIpc) is 2.75. The van der Waals surface area contributed by atoms with Gasteiger partial charge in [-0.2, -0.15) is 0 Å². The molecule has 1 heterocycles. The summed E-state index contributed by atoms with van der Waals surface area (Å²) >= 11 is 6.15. The Morgan fingerprint density at radius 3 is 2.57 bits per heavy atom. The Morgan fingerprint density at radius 1 is 1.07 bits per heavy atom. The van der Waals surface area contributed by atoms with Crippen LogP contribution < -0.4 is 19.5 Å². The molecular weight excluding hydrogens is 404 g/mol. The summed E-state index contributed by atoms with van der Waals surface area (Å²) in [5, 5.41) is 3.29. The van der Waals surface area contributed by atoms with Crippen LogP contribution >= 0.6 is 11.6 Å². The molecule has 156 valence electrons. The van der Waals surface area contributed by atoms with Gasteiger partial charge in [0.1, 0.15) is 12.4 Å². The Balaban J connectivity index is 1.67. The Hall–Kier alpha value is -3.25. The number of amides is 1. The van der Waals surface area contributed by atoms with Gasteiger partial charge in [-0.25, -0.2) is 0 Å². The van der Waals surface area contributed by atoms with E-state index in [1.807, 2.05) is 25.1 Å². The van der Waals surface area contributed by atoms with Gasteiger partial charge in [0, 0.05) is 24.1 Å². The fraction of sp³-hybridized carbons (Fsp3) is 0.217. The number of carbonyl (C=O) groups excluding carboxylic acids is 1. The SMILES string of the molecule is COc1ccc(NC(=O)C(C)Oc2cc(C)ccc2Cl)cc1OCc1ccncc1. The van der Waals surface area contributed by atoms with E-state index in [4.69, 9.17) is 25.8 Å². The van der Waals surface area contributed by atoms with E-state index in [-0.39, 0.29) is 5.91 Å². The van der Waals surface area contributed by atoms with Crippen LogP contribution in [0.25, 0.3) is 0 Å². The van der Waals surface area contributed by atoms with Crippen LogP contribution in [0.15, 0.2) is 60.9 Å². The first-order valence-electron chi connectivity index (χ1n) is 9.39. The van der Waals surface area contributed by atoms with Crippen molar-refractivity contribution in [2.75, 3.05) is 12.4 Å². The Morgan fingerprint density at radius 2 is 1.83 bits per heavy atom. The number of carbonyl (C=O) groups is 1. The minimum atomic E-state index is -0.743. The van der Waals surface area contributed by atoms with E-state index < -0.39 is 6.10 Å². The van der Waals surface area contributed by atoms with Crippen molar-refractivity contribution in [3.63, 3.8) is 0 Å². The lowest BCUT2D eigenvalue weighted by molar-refractivity contribution is -0.122. The van der Waals surface area contributed by atoms with Crippen molar-refractivity contribution in [2.24, 2.45) is 0 Å². The van der Waals surface area contributed by atoms with Gasteiger partial charge in [-0.1, -0.05) is 17.7 Å². The fourth-order valence-electron chi connectivity index (χ4n) is 2.70. The number of nitrogens with one attached hydrogen (secondary N) is 1. The highest BCUT2D eigenvalue weighted by Gasteiger charge is 2.17. The van der Waals surface area contributed by atoms with E-state index in [2.05, 4.69) is 10.3 Å². The number of rotatable bonds is 8. The van der Waals surface area contributed by atoms with Gasteiger partial charge in [0.2, 0.25) is 0 Å². The van der Waals surface area contributed by atoms with Crippen molar-refractivity contribution in [3.05, 3.63) is 77.1 Å². The predicted octanol–water partition coefficient (Wildman–Crippen LogP) is 5.04. The third kappa shape index (κ3) is 5.64. The second-order valence-electron chi connectivity index (χ2n) is 6.69. The third-order valence-electron chi connectivity index (χ3n) is 4.33. The maximum Gasteiger partial charge on any atom is 0.265 e. The van der Waals surface area contributed by atoms with E-state index in [1.54, 1.807) is 56.8 Å². The van der Waals surface area contributed by atoms with Gasteiger partial charge in [-0.05, 0) is 61.4 Å². The summed E-state index contributed by atoms with van der Waals surface area (Å²) in [4.78, 5) is 16.6. The molecule has 6 nitrogen and oxygen atoms in total. The molecule has 1 aromatic heterocycles. The first-order chi connectivity index (χ1) is 14.5. The topological polar surface area (TPSA) is 69.7 Å². The van der Waals surface area contributed by atoms with E-state index in [0.717, 1.165) is 11.1 Å². The van der Waals surface area contributed by atoms with Crippen LogP contribution in [0.3, 0.4) is 0 Å². The van der Waals surface area contributed by atoms with Gasteiger partial charge in [-0.15, -0.1) is 0 Å². The highest BCUT2D eigenvalue weighted by atomic mass is 35.5. The molecule has 0 spiro atoms. The molecule has 0 aliphatic rings. The molecule has 30 heavy (non-hydrogen) atoms. The smallest absolute Gasteiger partial charge is 0.265 e. The van der Waals surface area contributed by atoms with E-state index in [0.29, 0.717) is 34.6 Å². The molecule has 3 aromatic rings. The number of methoxy groups -OCH3 is 1. The third-order valence-corrected chi connectivity index (χ3v) is 4.65. The molecule has 0 radical (unpaired) electrons. The van der Waals surface area contributed by atoms with Crippen molar-refractivity contribution in [3.8, 4) is 17.2 Å². The Labute approximate surface area is 180 Å². The van der Waals surface area contributed by atoms with Crippen LogP contribution in [-0.2, 0) is 11.4 Å². The minimum Gasteiger partial charge on any atom is -0.493 e. The lowest BCUT2D eigenvalue weighted by atomic mass is 10.2. The quantitative estimate of drug-likeness (QED) is 0.546. The van der Waals surface area contributed by atoms with Crippen molar-refractivity contribution in [1.82, 2.24) is 4.98 Å². The summed E-state index contributed by atoms with van der Waals surface area (Å²) in [6, 6.07) is 14.3. The minimum absolute atomic E-state index is 0.308. The molecule has 1 unspecified atom stereocenters. The molecule has 0 aliphatic carbocycles. The molecule has 0 saturated heterocycles. The lowest BCUT2D eigenvalue weighted by Gasteiger charge is -2.17. The second-order valence-corrected chi connectivity index (χ2v) is 7.10. The summed E-state index contributed by atoms with van der Waals surface area (Å²) in [6.07, 6.45) is 2.66. The number of pyridine rings is 1. The maximum atomic E-state index is 12.6. The summed E-state index contributed by atoms with van der Waals surface area (Å²) in [6.45, 7) is 3.94. The van der Waals surface area contributed by atoms with E-state index in [9.17, 15) is 4.79 Å². The molecule has 0 bridgehead atoms. The van der Waals surface area contributed by atoms with Gasteiger partial charge in [0.25, 0.3) is 5.91 Å². The van der Waals surface area contributed by atoms with Crippen molar-refractivity contribution >= 4 is 23.2 Å². The standard InChI is InChI=1S/C23H23ClN2O4/c1-15-4-6-19(24)21(12-15)30-16(2)23(27)26-18-5-7-20(28-3)22(13-18)29-14-17-8-10-25-11-9-17/h4-13,16H,14H2,1-3H3,(H,26,27). The number of aromatic nitrogens is 1. The van der Waals surface area contributed by atoms with Gasteiger partial charge >= 0.3 is 0 Å². The van der Waals surface area contributed by atoms with Crippen LogP contribution in [0.1, 0.15) is 18.1 Å².